The van der Waals surface area contributed by atoms with Gasteiger partial charge in [0.25, 0.3) is 11.8 Å². The minimum absolute atomic E-state index is 0.0536. The lowest BCUT2D eigenvalue weighted by molar-refractivity contribution is -0.134. The molecule has 1 aliphatic rings. The van der Waals surface area contributed by atoms with Crippen molar-refractivity contribution in [2.24, 2.45) is 0 Å². The summed E-state index contributed by atoms with van der Waals surface area (Å²) in [5.74, 6) is 1.65. The number of nitrogens with one attached hydrogen (secondary N) is 1. The van der Waals surface area contributed by atoms with E-state index in [1.165, 1.54) is 0 Å². The predicted molar refractivity (Wildman–Crippen MR) is 104 cm³/mol. The number of rotatable bonds is 6. The van der Waals surface area contributed by atoms with Gasteiger partial charge in [0.2, 0.25) is 0 Å². The SMILES string of the molecule is CNC(=O)c1ccc(OCC(=O)N2CCc3cc(OC)c(OC)cc3C2)cc1. The maximum Gasteiger partial charge on any atom is 0.260 e. The summed E-state index contributed by atoms with van der Waals surface area (Å²) in [7, 11) is 4.79. The summed E-state index contributed by atoms with van der Waals surface area (Å²) < 4.78 is 16.3. The van der Waals surface area contributed by atoms with Crippen LogP contribution in [0.2, 0.25) is 0 Å². The largest absolute Gasteiger partial charge is 0.493 e. The fourth-order valence-electron chi connectivity index (χ4n) is 3.18. The van der Waals surface area contributed by atoms with Crippen molar-refractivity contribution in [2.75, 3.05) is 34.4 Å². The van der Waals surface area contributed by atoms with E-state index in [0.717, 1.165) is 17.5 Å². The van der Waals surface area contributed by atoms with Crippen molar-refractivity contribution < 1.29 is 23.8 Å². The topological polar surface area (TPSA) is 77.1 Å². The second-order valence-electron chi connectivity index (χ2n) is 6.43. The van der Waals surface area contributed by atoms with Crippen LogP contribution < -0.4 is 19.5 Å². The number of hydrogen-bond acceptors (Lipinski definition) is 5. The molecule has 0 bridgehead atoms. The van der Waals surface area contributed by atoms with Crippen molar-refractivity contribution in [3.05, 3.63) is 53.1 Å². The van der Waals surface area contributed by atoms with Crippen LogP contribution in [-0.2, 0) is 17.8 Å². The Hall–Kier alpha value is -3.22. The van der Waals surface area contributed by atoms with E-state index in [-0.39, 0.29) is 18.4 Å². The molecule has 1 heterocycles. The molecule has 0 aromatic heterocycles. The summed E-state index contributed by atoms with van der Waals surface area (Å²) in [6, 6.07) is 10.6. The molecular formula is C21H24N2O5. The number of amides is 2. The minimum atomic E-state index is -0.165. The molecular weight excluding hydrogens is 360 g/mol. The Morgan fingerprint density at radius 2 is 1.68 bits per heavy atom. The zero-order chi connectivity index (χ0) is 20.1. The van der Waals surface area contributed by atoms with Gasteiger partial charge in [-0.3, -0.25) is 9.59 Å². The van der Waals surface area contributed by atoms with E-state index < -0.39 is 0 Å². The molecule has 0 radical (unpaired) electrons. The van der Waals surface area contributed by atoms with Gasteiger partial charge in [0.15, 0.2) is 18.1 Å². The van der Waals surface area contributed by atoms with Crippen LogP contribution in [0, 0.1) is 0 Å². The lowest BCUT2D eigenvalue weighted by atomic mass is 9.99. The summed E-state index contributed by atoms with van der Waals surface area (Å²) in [6.07, 6.45) is 0.752. The lowest BCUT2D eigenvalue weighted by Crippen LogP contribution is -2.38. The maximum absolute atomic E-state index is 12.6. The summed E-state index contributed by atoms with van der Waals surface area (Å²) in [4.78, 5) is 25.9. The van der Waals surface area contributed by atoms with Gasteiger partial charge in [-0.05, 0) is 53.9 Å². The smallest absolute Gasteiger partial charge is 0.260 e. The second kappa shape index (κ2) is 8.65. The monoisotopic (exact) mass is 384 g/mol. The number of benzene rings is 2. The number of hydrogen-bond donors (Lipinski definition) is 1. The normalized spacial score (nSPS) is 12.8. The third kappa shape index (κ3) is 4.19. The Morgan fingerprint density at radius 3 is 2.29 bits per heavy atom. The summed E-state index contributed by atoms with van der Waals surface area (Å²) in [6.45, 7) is 1.08. The molecule has 0 saturated heterocycles. The molecule has 7 heteroatoms. The van der Waals surface area contributed by atoms with E-state index in [1.807, 2.05) is 12.1 Å². The molecule has 2 aromatic carbocycles. The van der Waals surface area contributed by atoms with Crippen molar-refractivity contribution in [3.63, 3.8) is 0 Å². The molecule has 1 N–H and O–H groups in total. The zero-order valence-corrected chi connectivity index (χ0v) is 16.3. The van der Waals surface area contributed by atoms with Crippen molar-refractivity contribution >= 4 is 11.8 Å². The highest BCUT2D eigenvalue weighted by molar-refractivity contribution is 5.94. The van der Waals surface area contributed by atoms with Gasteiger partial charge in [-0.2, -0.15) is 0 Å². The van der Waals surface area contributed by atoms with E-state index in [4.69, 9.17) is 14.2 Å². The molecule has 2 aromatic rings. The summed E-state index contributed by atoms with van der Waals surface area (Å²) in [5, 5.41) is 2.56. The van der Waals surface area contributed by atoms with Crippen LogP contribution in [0.5, 0.6) is 17.2 Å². The Kier molecular flexibility index (Phi) is 6.03. The van der Waals surface area contributed by atoms with Crippen LogP contribution in [0.3, 0.4) is 0 Å². The Morgan fingerprint density at radius 1 is 1.04 bits per heavy atom. The van der Waals surface area contributed by atoms with Gasteiger partial charge in [0.1, 0.15) is 5.75 Å². The number of nitrogens with zero attached hydrogens (tertiary/aromatic N) is 1. The second-order valence-corrected chi connectivity index (χ2v) is 6.43. The molecule has 0 unspecified atom stereocenters. The highest BCUT2D eigenvalue weighted by atomic mass is 16.5. The molecule has 0 aliphatic carbocycles. The average molecular weight is 384 g/mol. The first-order chi connectivity index (χ1) is 13.5. The van der Waals surface area contributed by atoms with E-state index in [9.17, 15) is 9.59 Å². The first kappa shape index (κ1) is 19.5. The molecule has 1 aliphatic heterocycles. The highest BCUT2D eigenvalue weighted by Crippen LogP contribution is 2.33. The number of fused-ring (bicyclic) bond motifs is 1. The minimum Gasteiger partial charge on any atom is -0.493 e. The molecule has 0 fully saturated rings. The van der Waals surface area contributed by atoms with Crippen LogP contribution in [-0.4, -0.2) is 51.1 Å². The average Bonchev–Trinajstić information content (AvgIpc) is 2.75. The first-order valence-electron chi connectivity index (χ1n) is 9.02. The van der Waals surface area contributed by atoms with Crippen LogP contribution in [0.4, 0.5) is 0 Å². The molecule has 3 rings (SSSR count). The van der Waals surface area contributed by atoms with E-state index in [2.05, 4.69) is 5.32 Å². The summed E-state index contributed by atoms with van der Waals surface area (Å²) >= 11 is 0. The van der Waals surface area contributed by atoms with Crippen LogP contribution in [0.15, 0.2) is 36.4 Å². The van der Waals surface area contributed by atoms with E-state index >= 15 is 0 Å². The van der Waals surface area contributed by atoms with Crippen LogP contribution >= 0.6 is 0 Å². The molecule has 0 atom stereocenters. The van der Waals surface area contributed by atoms with Gasteiger partial charge in [-0.15, -0.1) is 0 Å². The Labute approximate surface area is 164 Å². The fraction of sp³-hybridized carbons (Fsp3) is 0.333. The molecule has 148 valence electrons. The molecule has 7 nitrogen and oxygen atoms in total. The first-order valence-corrected chi connectivity index (χ1v) is 9.02. The van der Waals surface area contributed by atoms with Crippen molar-refractivity contribution in [1.29, 1.82) is 0 Å². The lowest BCUT2D eigenvalue weighted by Gasteiger charge is -2.29. The Bertz CT molecular complexity index is 864. The number of carbonyl (C=O) groups is 2. The van der Waals surface area contributed by atoms with Crippen molar-refractivity contribution in [3.8, 4) is 17.2 Å². The van der Waals surface area contributed by atoms with Gasteiger partial charge in [0.05, 0.1) is 14.2 Å². The molecule has 0 spiro atoms. The van der Waals surface area contributed by atoms with Gasteiger partial charge >= 0.3 is 0 Å². The molecule has 28 heavy (non-hydrogen) atoms. The van der Waals surface area contributed by atoms with Crippen LogP contribution in [0.25, 0.3) is 0 Å². The molecule has 0 saturated carbocycles. The standard InChI is InChI=1S/C21H24N2O5/c1-22-21(25)14-4-6-17(7-5-14)28-13-20(24)23-9-8-15-10-18(26-2)19(27-3)11-16(15)12-23/h4-7,10-11H,8-9,12-13H2,1-3H3,(H,22,25). The fourth-order valence-corrected chi connectivity index (χ4v) is 3.18. The predicted octanol–water partition coefficient (Wildman–Crippen LogP) is 2.03. The van der Waals surface area contributed by atoms with Crippen molar-refractivity contribution in [1.82, 2.24) is 10.2 Å². The third-order valence-electron chi connectivity index (χ3n) is 4.78. The Balaban J connectivity index is 1.61. The van der Waals surface area contributed by atoms with Gasteiger partial charge in [0, 0.05) is 25.7 Å². The van der Waals surface area contributed by atoms with Gasteiger partial charge < -0.3 is 24.4 Å². The molecule has 2 amide bonds. The highest BCUT2D eigenvalue weighted by Gasteiger charge is 2.23. The van der Waals surface area contributed by atoms with Crippen LogP contribution in [0.1, 0.15) is 21.5 Å². The number of methoxy groups -OCH3 is 2. The maximum atomic E-state index is 12.6. The van der Waals surface area contributed by atoms with Gasteiger partial charge in [-0.1, -0.05) is 0 Å². The third-order valence-corrected chi connectivity index (χ3v) is 4.78. The number of carbonyl (C=O) groups excluding carboxylic acids is 2. The van der Waals surface area contributed by atoms with E-state index in [0.29, 0.717) is 35.9 Å². The summed E-state index contributed by atoms with van der Waals surface area (Å²) in [5.41, 5.74) is 2.75. The quantitative estimate of drug-likeness (QED) is 0.825. The van der Waals surface area contributed by atoms with E-state index in [1.54, 1.807) is 50.4 Å². The van der Waals surface area contributed by atoms with Gasteiger partial charge in [-0.25, -0.2) is 0 Å². The van der Waals surface area contributed by atoms with Crippen molar-refractivity contribution in [2.45, 2.75) is 13.0 Å². The number of ether oxygens (including phenoxy) is 3. The zero-order valence-electron chi connectivity index (χ0n) is 16.3.